The van der Waals surface area contributed by atoms with Crippen LogP contribution in [0.5, 0.6) is 0 Å². The van der Waals surface area contributed by atoms with E-state index in [4.69, 9.17) is 4.74 Å². The fourth-order valence-electron chi connectivity index (χ4n) is 2.37. The predicted molar refractivity (Wildman–Crippen MR) is 65.6 cm³/mol. The van der Waals surface area contributed by atoms with Gasteiger partial charge in [0.1, 0.15) is 0 Å². The zero-order valence-electron chi connectivity index (χ0n) is 10.6. The van der Waals surface area contributed by atoms with Crippen molar-refractivity contribution in [3.63, 3.8) is 0 Å². The third-order valence-electron chi connectivity index (χ3n) is 3.10. The van der Waals surface area contributed by atoms with Crippen LogP contribution >= 0.6 is 0 Å². The highest BCUT2D eigenvalue weighted by Gasteiger charge is 2.22. The van der Waals surface area contributed by atoms with Gasteiger partial charge in [-0.05, 0) is 32.4 Å². The van der Waals surface area contributed by atoms with Gasteiger partial charge in [-0.2, -0.15) is 0 Å². The second-order valence-corrected chi connectivity index (χ2v) is 4.60. The predicted octanol–water partition coefficient (Wildman–Crippen LogP) is 0.458. The molecule has 2 unspecified atom stereocenters. The highest BCUT2D eigenvalue weighted by Crippen LogP contribution is 2.11. The van der Waals surface area contributed by atoms with Gasteiger partial charge in [0, 0.05) is 26.2 Å². The second-order valence-electron chi connectivity index (χ2n) is 4.60. The molecule has 0 amide bonds. The first-order chi connectivity index (χ1) is 7.77. The Balaban J connectivity index is 2.38. The lowest BCUT2D eigenvalue weighted by Crippen LogP contribution is -2.49. The number of hydrogen-bond acceptors (Lipinski definition) is 4. The molecule has 0 radical (unpaired) electrons. The summed E-state index contributed by atoms with van der Waals surface area (Å²) in [6.45, 7) is 6.60. The third-order valence-corrected chi connectivity index (χ3v) is 3.10. The molecule has 96 valence electrons. The molecule has 2 N–H and O–H groups in total. The molecule has 16 heavy (non-hydrogen) atoms. The van der Waals surface area contributed by atoms with Crippen molar-refractivity contribution in [2.75, 3.05) is 39.9 Å². The summed E-state index contributed by atoms with van der Waals surface area (Å²) in [7, 11) is 1.63. The number of ether oxygens (including phenoxy) is 1. The van der Waals surface area contributed by atoms with Crippen molar-refractivity contribution < 1.29 is 9.84 Å². The zero-order chi connectivity index (χ0) is 11.8. The van der Waals surface area contributed by atoms with Crippen molar-refractivity contribution in [3.8, 4) is 0 Å². The molecule has 0 bridgehead atoms. The van der Waals surface area contributed by atoms with Crippen molar-refractivity contribution in [2.45, 2.75) is 38.3 Å². The van der Waals surface area contributed by atoms with Gasteiger partial charge in [-0.1, -0.05) is 6.92 Å². The average Bonchev–Trinajstić information content (AvgIpc) is 2.30. The summed E-state index contributed by atoms with van der Waals surface area (Å²) >= 11 is 0. The average molecular weight is 230 g/mol. The summed E-state index contributed by atoms with van der Waals surface area (Å²) in [5.74, 6) is 0. The molecule has 0 spiro atoms. The van der Waals surface area contributed by atoms with Gasteiger partial charge < -0.3 is 15.2 Å². The van der Waals surface area contributed by atoms with Crippen molar-refractivity contribution in [1.82, 2.24) is 10.2 Å². The quantitative estimate of drug-likeness (QED) is 0.667. The Morgan fingerprint density at radius 2 is 2.38 bits per heavy atom. The molecule has 1 heterocycles. The number of aliphatic hydroxyl groups is 1. The smallest absolute Gasteiger partial charge is 0.0900 e. The number of hydrogen-bond donors (Lipinski definition) is 2. The van der Waals surface area contributed by atoms with Crippen LogP contribution in [0, 0.1) is 0 Å². The van der Waals surface area contributed by atoms with Gasteiger partial charge in [-0.3, -0.25) is 4.90 Å². The van der Waals surface area contributed by atoms with Gasteiger partial charge in [0.2, 0.25) is 0 Å². The van der Waals surface area contributed by atoms with E-state index < -0.39 is 0 Å². The molecule has 1 aliphatic rings. The van der Waals surface area contributed by atoms with E-state index in [0.29, 0.717) is 12.6 Å². The number of piperidine rings is 1. The molecule has 1 saturated heterocycles. The molecule has 1 aliphatic heterocycles. The van der Waals surface area contributed by atoms with Gasteiger partial charge in [0.15, 0.2) is 0 Å². The Morgan fingerprint density at radius 3 is 2.94 bits per heavy atom. The molecule has 0 saturated carbocycles. The number of methoxy groups -OCH3 is 1. The lowest BCUT2D eigenvalue weighted by molar-refractivity contribution is 0.0231. The summed E-state index contributed by atoms with van der Waals surface area (Å²) < 4.78 is 4.98. The third kappa shape index (κ3) is 4.78. The fraction of sp³-hybridized carbons (Fsp3) is 1.00. The molecule has 0 aliphatic carbocycles. The van der Waals surface area contributed by atoms with Crippen molar-refractivity contribution in [2.24, 2.45) is 0 Å². The normalized spacial score (nSPS) is 23.6. The second kappa shape index (κ2) is 8.01. The molecule has 4 nitrogen and oxygen atoms in total. The maximum Gasteiger partial charge on any atom is 0.0900 e. The molecule has 0 aromatic rings. The Hall–Kier alpha value is -0.160. The molecule has 1 rings (SSSR count). The molecule has 0 aromatic heterocycles. The largest absolute Gasteiger partial charge is 0.389 e. The van der Waals surface area contributed by atoms with Crippen LogP contribution in [0.25, 0.3) is 0 Å². The minimum atomic E-state index is -0.363. The molecule has 1 fully saturated rings. The molecule has 4 heteroatoms. The van der Waals surface area contributed by atoms with Crippen LogP contribution in [0.1, 0.15) is 26.2 Å². The van der Waals surface area contributed by atoms with Crippen LogP contribution in [0.2, 0.25) is 0 Å². The van der Waals surface area contributed by atoms with E-state index in [1.54, 1.807) is 7.11 Å². The lowest BCUT2D eigenvalue weighted by atomic mass is 10.1. The van der Waals surface area contributed by atoms with E-state index in [1.807, 2.05) is 0 Å². The highest BCUT2D eigenvalue weighted by atomic mass is 16.5. The first-order valence-electron chi connectivity index (χ1n) is 6.39. The lowest BCUT2D eigenvalue weighted by Gasteiger charge is -2.35. The maximum absolute atomic E-state index is 9.79. The van der Waals surface area contributed by atoms with Crippen molar-refractivity contribution in [3.05, 3.63) is 0 Å². The van der Waals surface area contributed by atoms with Crippen molar-refractivity contribution in [1.29, 1.82) is 0 Å². The Bertz CT molecular complexity index is 172. The zero-order valence-corrected chi connectivity index (χ0v) is 10.6. The van der Waals surface area contributed by atoms with Crippen molar-refractivity contribution >= 4 is 0 Å². The van der Waals surface area contributed by atoms with E-state index in [2.05, 4.69) is 17.1 Å². The van der Waals surface area contributed by atoms with E-state index in [1.165, 1.54) is 12.8 Å². The molecular formula is C12H26N2O2. The van der Waals surface area contributed by atoms with E-state index in [0.717, 1.165) is 32.6 Å². The summed E-state index contributed by atoms with van der Waals surface area (Å²) in [5, 5.41) is 13.2. The topological polar surface area (TPSA) is 44.7 Å². The Labute approximate surface area is 99.0 Å². The summed E-state index contributed by atoms with van der Waals surface area (Å²) in [5.41, 5.74) is 0. The van der Waals surface area contributed by atoms with E-state index in [9.17, 15) is 5.11 Å². The standard InChI is InChI=1S/C12H26N2O2/c1-3-7-14(9-12(15)10-16-2)11-5-4-6-13-8-11/h11-13,15H,3-10H2,1-2H3. The Kier molecular flexibility index (Phi) is 6.96. The highest BCUT2D eigenvalue weighted by molar-refractivity contribution is 4.79. The van der Waals surface area contributed by atoms with Crippen LogP contribution < -0.4 is 5.32 Å². The van der Waals surface area contributed by atoms with Gasteiger partial charge in [-0.25, -0.2) is 0 Å². The van der Waals surface area contributed by atoms with Gasteiger partial charge >= 0.3 is 0 Å². The Morgan fingerprint density at radius 1 is 1.56 bits per heavy atom. The van der Waals surface area contributed by atoms with Crippen LogP contribution in [0.3, 0.4) is 0 Å². The monoisotopic (exact) mass is 230 g/mol. The summed E-state index contributed by atoms with van der Waals surface area (Å²) in [4.78, 5) is 2.40. The minimum Gasteiger partial charge on any atom is -0.389 e. The van der Waals surface area contributed by atoms with Crippen LogP contribution in [0.15, 0.2) is 0 Å². The van der Waals surface area contributed by atoms with Crippen LogP contribution in [-0.2, 0) is 4.74 Å². The first kappa shape index (κ1) is 13.9. The first-order valence-corrected chi connectivity index (χ1v) is 6.39. The maximum atomic E-state index is 9.79. The van der Waals surface area contributed by atoms with E-state index >= 15 is 0 Å². The van der Waals surface area contributed by atoms with Gasteiger partial charge in [-0.15, -0.1) is 0 Å². The fourth-order valence-corrected chi connectivity index (χ4v) is 2.37. The molecular weight excluding hydrogens is 204 g/mol. The van der Waals surface area contributed by atoms with Crippen LogP contribution in [-0.4, -0.2) is 62.0 Å². The summed E-state index contributed by atoms with van der Waals surface area (Å²) in [6.07, 6.45) is 3.26. The van der Waals surface area contributed by atoms with Gasteiger partial charge in [0.25, 0.3) is 0 Å². The van der Waals surface area contributed by atoms with Crippen LogP contribution in [0.4, 0.5) is 0 Å². The number of rotatable bonds is 7. The minimum absolute atomic E-state index is 0.363. The number of nitrogens with one attached hydrogen (secondary N) is 1. The number of aliphatic hydroxyl groups excluding tert-OH is 1. The number of nitrogens with zero attached hydrogens (tertiary/aromatic N) is 1. The SMILES string of the molecule is CCCN(CC(O)COC)C1CCCNC1. The van der Waals surface area contributed by atoms with Gasteiger partial charge in [0.05, 0.1) is 12.7 Å². The molecule has 0 aromatic carbocycles. The summed E-state index contributed by atoms with van der Waals surface area (Å²) in [6, 6.07) is 0.584. The van der Waals surface area contributed by atoms with E-state index in [-0.39, 0.29) is 6.10 Å². The molecule has 2 atom stereocenters.